The summed E-state index contributed by atoms with van der Waals surface area (Å²) in [6.45, 7) is 3.19. The van der Waals surface area contributed by atoms with E-state index < -0.39 is 5.97 Å². The summed E-state index contributed by atoms with van der Waals surface area (Å²) in [5.41, 5.74) is 3.11. The number of carboxylic acids is 1. The van der Waals surface area contributed by atoms with Crippen LogP contribution in [-0.4, -0.2) is 27.9 Å². The molecule has 1 aromatic heterocycles. The van der Waals surface area contributed by atoms with Crippen molar-refractivity contribution in [2.45, 2.75) is 25.0 Å². The summed E-state index contributed by atoms with van der Waals surface area (Å²) < 4.78 is 7.89. The quantitative estimate of drug-likeness (QED) is 0.581. The van der Waals surface area contributed by atoms with E-state index in [0.29, 0.717) is 18.9 Å². The Kier molecular flexibility index (Phi) is 5.60. The molecule has 130 valence electrons. The van der Waals surface area contributed by atoms with Crippen LogP contribution in [0.3, 0.4) is 0 Å². The number of benzene rings is 2. The van der Waals surface area contributed by atoms with E-state index in [-0.39, 0.29) is 6.42 Å². The Balaban J connectivity index is 1.71. The number of ether oxygens (including phenoxy) is 1. The summed E-state index contributed by atoms with van der Waals surface area (Å²) in [5.74, 6) is 0.226. The van der Waals surface area contributed by atoms with Crippen LogP contribution in [0.5, 0.6) is 5.75 Å². The minimum atomic E-state index is -1.04. The van der Waals surface area contributed by atoms with Gasteiger partial charge in [-0.3, -0.25) is 0 Å². The molecule has 2 aromatic carbocycles. The van der Waals surface area contributed by atoms with Crippen molar-refractivity contribution >= 4 is 28.8 Å². The summed E-state index contributed by atoms with van der Waals surface area (Å²) in [6, 6.07) is 15.8. The van der Waals surface area contributed by atoms with Crippen LogP contribution >= 0.6 is 11.8 Å². The number of carbonyl (C=O) groups excluding carboxylic acids is 1. The van der Waals surface area contributed by atoms with Gasteiger partial charge in [0.25, 0.3) is 0 Å². The Morgan fingerprint density at radius 3 is 2.72 bits per heavy atom. The highest BCUT2D eigenvalue weighted by Crippen LogP contribution is 2.24. The van der Waals surface area contributed by atoms with Crippen molar-refractivity contribution in [2.24, 2.45) is 0 Å². The second kappa shape index (κ2) is 8.07. The van der Waals surface area contributed by atoms with Gasteiger partial charge in [0, 0.05) is 11.7 Å². The number of nitrogens with zero attached hydrogens (tertiary/aromatic N) is 2. The fourth-order valence-corrected chi connectivity index (χ4v) is 3.45. The molecule has 0 radical (unpaired) electrons. The fourth-order valence-electron chi connectivity index (χ4n) is 2.49. The van der Waals surface area contributed by atoms with Crippen molar-refractivity contribution in [3.05, 3.63) is 54.1 Å². The van der Waals surface area contributed by atoms with Gasteiger partial charge in [0.1, 0.15) is 12.4 Å². The van der Waals surface area contributed by atoms with Crippen molar-refractivity contribution < 1.29 is 14.6 Å². The average molecular weight is 355 g/mol. The van der Waals surface area contributed by atoms with Crippen LogP contribution in [0.2, 0.25) is 0 Å². The molecular weight excluding hydrogens is 336 g/mol. The van der Waals surface area contributed by atoms with E-state index in [9.17, 15) is 9.90 Å². The molecule has 0 saturated heterocycles. The van der Waals surface area contributed by atoms with E-state index in [2.05, 4.69) is 9.55 Å². The van der Waals surface area contributed by atoms with Crippen LogP contribution in [0.1, 0.15) is 12.0 Å². The van der Waals surface area contributed by atoms with E-state index in [0.717, 1.165) is 21.9 Å². The Bertz CT molecular complexity index is 859. The first-order valence-electron chi connectivity index (χ1n) is 8.11. The van der Waals surface area contributed by atoms with Crippen molar-refractivity contribution in [3.8, 4) is 5.75 Å². The van der Waals surface area contributed by atoms with Crippen molar-refractivity contribution in [3.63, 3.8) is 0 Å². The molecule has 0 saturated carbocycles. The molecule has 0 bridgehead atoms. The Morgan fingerprint density at radius 1 is 1.20 bits per heavy atom. The lowest BCUT2D eigenvalue weighted by molar-refractivity contribution is -0.305. The van der Waals surface area contributed by atoms with Gasteiger partial charge >= 0.3 is 0 Å². The molecule has 0 fully saturated rings. The number of para-hydroxylation sites is 2. The maximum Gasteiger partial charge on any atom is 0.169 e. The molecule has 3 aromatic rings. The van der Waals surface area contributed by atoms with Crippen LogP contribution < -0.4 is 9.84 Å². The number of aliphatic carboxylic acids is 1. The zero-order valence-corrected chi connectivity index (χ0v) is 14.8. The number of thioether (sulfide) groups is 1. The minimum absolute atomic E-state index is 0.00768. The maximum atomic E-state index is 10.6. The van der Waals surface area contributed by atoms with Gasteiger partial charge in [-0.1, -0.05) is 41.6 Å². The monoisotopic (exact) mass is 355 g/mol. The Hall–Kier alpha value is -2.47. The van der Waals surface area contributed by atoms with Crippen molar-refractivity contribution in [2.75, 3.05) is 12.4 Å². The summed E-state index contributed by atoms with van der Waals surface area (Å²) >= 11 is 1.42. The lowest BCUT2D eigenvalue weighted by Gasteiger charge is -2.11. The van der Waals surface area contributed by atoms with Gasteiger partial charge in [0.15, 0.2) is 5.16 Å². The van der Waals surface area contributed by atoms with E-state index >= 15 is 0 Å². The lowest BCUT2D eigenvalue weighted by atomic mass is 10.2. The Morgan fingerprint density at radius 2 is 1.96 bits per heavy atom. The van der Waals surface area contributed by atoms with Crippen LogP contribution in [0.15, 0.2) is 53.7 Å². The van der Waals surface area contributed by atoms with Crippen LogP contribution in [0.25, 0.3) is 11.0 Å². The summed E-state index contributed by atoms with van der Waals surface area (Å²) in [4.78, 5) is 15.2. The van der Waals surface area contributed by atoms with E-state index in [1.165, 1.54) is 17.3 Å². The van der Waals surface area contributed by atoms with E-state index in [1.807, 2.05) is 55.5 Å². The number of aryl methyl sites for hydroxylation is 1. The molecule has 0 unspecified atom stereocenters. The fraction of sp³-hybridized carbons (Fsp3) is 0.263. The number of rotatable bonds is 8. The van der Waals surface area contributed by atoms with Crippen molar-refractivity contribution in [1.82, 2.24) is 9.55 Å². The number of imidazole rings is 1. The zero-order chi connectivity index (χ0) is 17.6. The maximum absolute atomic E-state index is 10.6. The first-order chi connectivity index (χ1) is 12.1. The first-order valence-corrected chi connectivity index (χ1v) is 9.09. The molecule has 0 amide bonds. The minimum Gasteiger partial charge on any atom is -0.550 e. The van der Waals surface area contributed by atoms with Crippen LogP contribution in [0, 0.1) is 6.92 Å². The predicted molar refractivity (Wildman–Crippen MR) is 96.8 cm³/mol. The smallest absolute Gasteiger partial charge is 0.169 e. The number of hydrogen-bond acceptors (Lipinski definition) is 5. The molecule has 0 aliphatic carbocycles. The van der Waals surface area contributed by atoms with Gasteiger partial charge in [-0.2, -0.15) is 0 Å². The summed E-state index contributed by atoms with van der Waals surface area (Å²) in [5, 5.41) is 11.4. The van der Waals surface area contributed by atoms with Gasteiger partial charge in [0.05, 0.1) is 17.6 Å². The highest BCUT2D eigenvalue weighted by molar-refractivity contribution is 7.99. The molecule has 25 heavy (non-hydrogen) atoms. The number of carbonyl (C=O) groups is 1. The van der Waals surface area contributed by atoms with Gasteiger partial charge in [0.2, 0.25) is 0 Å². The molecule has 6 heteroatoms. The second-order valence-electron chi connectivity index (χ2n) is 5.67. The molecule has 3 rings (SSSR count). The number of hydrogen-bond donors (Lipinski definition) is 0. The number of fused-ring (bicyclic) bond motifs is 1. The summed E-state index contributed by atoms with van der Waals surface area (Å²) in [7, 11) is 0. The van der Waals surface area contributed by atoms with Crippen LogP contribution in [-0.2, 0) is 11.3 Å². The molecule has 0 spiro atoms. The van der Waals surface area contributed by atoms with Crippen molar-refractivity contribution in [1.29, 1.82) is 0 Å². The van der Waals surface area contributed by atoms with Gasteiger partial charge in [-0.05, 0) is 37.6 Å². The third-order valence-electron chi connectivity index (χ3n) is 3.76. The van der Waals surface area contributed by atoms with Gasteiger partial charge < -0.3 is 19.2 Å². The third-order valence-corrected chi connectivity index (χ3v) is 4.74. The molecule has 0 N–H and O–H groups in total. The molecule has 0 aliphatic heterocycles. The highest BCUT2D eigenvalue weighted by atomic mass is 32.2. The normalized spacial score (nSPS) is 10.9. The van der Waals surface area contributed by atoms with E-state index in [4.69, 9.17) is 4.74 Å². The molecular formula is C19H19N2O3S-. The number of carboxylic acid groups (broad SMARTS) is 1. The topological polar surface area (TPSA) is 67.2 Å². The number of aromatic nitrogens is 2. The van der Waals surface area contributed by atoms with E-state index in [1.54, 1.807) is 0 Å². The van der Waals surface area contributed by atoms with Gasteiger partial charge in [-0.15, -0.1) is 0 Å². The lowest BCUT2D eigenvalue weighted by Crippen LogP contribution is -2.22. The molecule has 1 heterocycles. The molecule has 0 atom stereocenters. The second-order valence-corrected chi connectivity index (χ2v) is 6.73. The first kappa shape index (κ1) is 17.4. The SMILES string of the molecule is Cc1ccc(OCCn2c(SCCC(=O)[O-])nc3ccccc32)cc1. The highest BCUT2D eigenvalue weighted by Gasteiger charge is 2.11. The standard InChI is InChI=1S/C19H20N2O3S/c1-14-6-8-15(9-7-14)24-12-11-21-17-5-3-2-4-16(17)20-19(21)25-13-10-18(22)23/h2-9H,10-13H2,1H3,(H,22,23)/p-1. The third kappa shape index (κ3) is 4.54. The molecule has 5 nitrogen and oxygen atoms in total. The largest absolute Gasteiger partial charge is 0.550 e. The molecule has 0 aliphatic rings. The summed E-state index contributed by atoms with van der Waals surface area (Å²) in [6.07, 6.45) is 0.00768. The zero-order valence-electron chi connectivity index (χ0n) is 14.0. The average Bonchev–Trinajstić information content (AvgIpc) is 2.94. The Labute approximate surface area is 150 Å². The van der Waals surface area contributed by atoms with Gasteiger partial charge in [-0.25, -0.2) is 4.98 Å². The predicted octanol–water partition coefficient (Wildman–Crippen LogP) is 2.66. The van der Waals surface area contributed by atoms with Crippen LogP contribution in [0.4, 0.5) is 0 Å².